The van der Waals surface area contributed by atoms with Crippen molar-refractivity contribution in [1.29, 1.82) is 0 Å². The van der Waals surface area contributed by atoms with Crippen molar-refractivity contribution in [1.82, 2.24) is 10.6 Å². The first kappa shape index (κ1) is 47.6. The fourth-order valence-electron chi connectivity index (χ4n) is 7.30. The monoisotopic (exact) mass is 880 g/mol. The van der Waals surface area contributed by atoms with E-state index >= 15 is 0 Å². The average molecular weight is 881 g/mol. The van der Waals surface area contributed by atoms with Gasteiger partial charge in [-0.15, -0.1) is 0 Å². The minimum atomic E-state index is -0.685. The lowest BCUT2D eigenvalue weighted by Gasteiger charge is -2.20. The van der Waals surface area contributed by atoms with Gasteiger partial charge in [0.1, 0.15) is 72.7 Å². The SMILES string of the molecule is Cc1cc(CNC(C)CO)c(OCc2cc(F)cc(F)c2)cc1OCc1cccc(-c2cccc(COc3cc(OCc4cc(F)cc(F)c4)c(CNC(C)CO)cc3C)c2C)c1C. The Morgan fingerprint density at radius 3 is 1.17 bits per heavy atom. The predicted molar refractivity (Wildman–Crippen MR) is 241 cm³/mol. The molecular weight excluding hydrogens is 825 g/mol. The molecule has 8 nitrogen and oxygen atoms in total. The Kier molecular flexibility index (Phi) is 16.4. The second-order valence-electron chi connectivity index (χ2n) is 16.3. The number of nitrogens with one attached hydrogen (secondary N) is 2. The molecule has 6 rings (SSSR count). The summed E-state index contributed by atoms with van der Waals surface area (Å²) in [6.45, 7) is 12.8. The van der Waals surface area contributed by atoms with Gasteiger partial charge in [0, 0.05) is 60.6 Å². The molecule has 338 valence electrons. The first-order valence-corrected chi connectivity index (χ1v) is 21.2. The molecule has 0 aliphatic heterocycles. The van der Waals surface area contributed by atoms with Crippen LogP contribution in [-0.4, -0.2) is 35.5 Å². The van der Waals surface area contributed by atoms with Crippen molar-refractivity contribution in [2.45, 2.75) is 93.1 Å². The molecule has 0 bridgehead atoms. The Morgan fingerprint density at radius 1 is 0.453 bits per heavy atom. The van der Waals surface area contributed by atoms with Crippen molar-refractivity contribution in [3.63, 3.8) is 0 Å². The van der Waals surface area contributed by atoms with Crippen LogP contribution >= 0.6 is 0 Å². The molecule has 64 heavy (non-hydrogen) atoms. The molecule has 0 aliphatic carbocycles. The Hall–Kier alpha value is -5.92. The van der Waals surface area contributed by atoms with Crippen LogP contribution in [-0.2, 0) is 39.5 Å². The number of halogens is 4. The molecule has 0 saturated carbocycles. The van der Waals surface area contributed by atoms with Crippen molar-refractivity contribution in [3.8, 4) is 34.1 Å². The molecule has 0 heterocycles. The molecule has 0 aromatic heterocycles. The molecule has 6 aromatic rings. The molecule has 2 unspecified atom stereocenters. The molecular formula is C52H56F4N2O6. The third kappa shape index (κ3) is 12.6. The summed E-state index contributed by atoms with van der Waals surface area (Å²) in [5.74, 6) is -0.576. The largest absolute Gasteiger partial charge is 0.488 e. The number of rotatable bonds is 21. The second kappa shape index (κ2) is 22.1. The van der Waals surface area contributed by atoms with Crippen LogP contribution < -0.4 is 29.6 Å². The zero-order valence-electron chi connectivity index (χ0n) is 37.1. The van der Waals surface area contributed by atoms with E-state index < -0.39 is 23.3 Å². The van der Waals surface area contributed by atoms with Gasteiger partial charge < -0.3 is 39.8 Å². The van der Waals surface area contributed by atoms with Gasteiger partial charge in [-0.25, -0.2) is 17.6 Å². The van der Waals surface area contributed by atoms with E-state index in [0.29, 0.717) is 47.2 Å². The summed E-state index contributed by atoms with van der Waals surface area (Å²) in [5, 5.41) is 25.7. The number of hydrogen-bond donors (Lipinski definition) is 4. The lowest BCUT2D eigenvalue weighted by Crippen LogP contribution is -2.28. The molecule has 0 amide bonds. The summed E-state index contributed by atoms with van der Waals surface area (Å²) in [6.07, 6.45) is 0. The first-order valence-electron chi connectivity index (χ1n) is 21.2. The highest BCUT2D eigenvalue weighted by atomic mass is 19.1. The lowest BCUT2D eigenvalue weighted by atomic mass is 9.92. The van der Waals surface area contributed by atoms with Gasteiger partial charge in [0.05, 0.1) is 13.2 Å². The number of hydrogen-bond acceptors (Lipinski definition) is 8. The van der Waals surface area contributed by atoms with E-state index in [-0.39, 0.29) is 51.7 Å². The number of aryl methyl sites for hydroxylation is 2. The van der Waals surface area contributed by atoms with Crippen LogP contribution in [0.1, 0.15) is 69.5 Å². The van der Waals surface area contributed by atoms with Crippen LogP contribution in [0.4, 0.5) is 17.6 Å². The molecule has 6 aromatic carbocycles. The van der Waals surface area contributed by atoms with Crippen LogP contribution in [0.2, 0.25) is 0 Å². The molecule has 4 N–H and O–H groups in total. The summed E-state index contributed by atoms with van der Waals surface area (Å²) in [6, 6.07) is 26.0. The number of benzene rings is 6. The van der Waals surface area contributed by atoms with Crippen molar-refractivity contribution in [2.75, 3.05) is 13.2 Å². The van der Waals surface area contributed by atoms with Crippen LogP contribution in [0.3, 0.4) is 0 Å². The van der Waals surface area contributed by atoms with Crippen LogP contribution in [0.15, 0.2) is 97.1 Å². The maximum absolute atomic E-state index is 14.0. The summed E-state index contributed by atoms with van der Waals surface area (Å²) >= 11 is 0. The minimum absolute atomic E-state index is 0.0435. The van der Waals surface area contributed by atoms with Gasteiger partial charge in [0.25, 0.3) is 0 Å². The van der Waals surface area contributed by atoms with Gasteiger partial charge >= 0.3 is 0 Å². The Bertz CT molecular complexity index is 2340. The van der Waals surface area contributed by atoms with E-state index in [0.717, 1.165) is 67.8 Å². The van der Waals surface area contributed by atoms with Gasteiger partial charge in [-0.1, -0.05) is 36.4 Å². The number of aliphatic hydroxyl groups excluding tert-OH is 2. The van der Waals surface area contributed by atoms with Crippen molar-refractivity contribution < 1.29 is 46.7 Å². The average Bonchev–Trinajstić information content (AvgIpc) is 3.26. The van der Waals surface area contributed by atoms with Crippen molar-refractivity contribution in [2.24, 2.45) is 0 Å². The fourth-order valence-corrected chi connectivity index (χ4v) is 7.30. The minimum Gasteiger partial charge on any atom is -0.488 e. The summed E-state index contributed by atoms with van der Waals surface area (Å²) in [7, 11) is 0. The molecule has 0 saturated heterocycles. The third-order valence-corrected chi connectivity index (χ3v) is 11.1. The van der Waals surface area contributed by atoms with E-state index in [4.69, 9.17) is 18.9 Å². The van der Waals surface area contributed by atoms with E-state index in [9.17, 15) is 27.8 Å². The van der Waals surface area contributed by atoms with Crippen LogP contribution in [0.25, 0.3) is 11.1 Å². The number of ether oxygens (including phenoxy) is 4. The first-order chi connectivity index (χ1) is 30.7. The van der Waals surface area contributed by atoms with E-state index in [2.05, 4.69) is 36.6 Å². The van der Waals surface area contributed by atoms with Gasteiger partial charge in [0.15, 0.2) is 0 Å². The Morgan fingerprint density at radius 2 is 0.812 bits per heavy atom. The number of aliphatic hydroxyl groups is 2. The van der Waals surface area contributed by atoms with E-state index in [1.165, 1.54) is 24.3 Å². The highest BCUT2D eigenvalue weighted by Gasteiger charge is 2.17. The van der Waals surface area contributed by atoms with E-state index in [1.54, 1.807) is 12.1 Å². The second-order valence-corrected chi connectivity index (χ2v) is 16.3. The lowest BCUT2D eigenvalue weighted by molar-refractivity contribution is 0.249. The summed E-state index contributed by atoms with van der Waals surface area (Å²) in [4.78, 5) is 0. The smallest absolute Gasteiger partial charge is 0.128 e. The Labute approximate surface area is 372 Å². The highest BCUT2D eigenvalue weighted by molar-refractivity contribution is 5.72. The Balaban J connectivity index is 1.19. The summed E-state index contributed by atoms with van der Waals surface area (Å²) in [5.41, 5.74) is 10.2. The zero-order chi connectivity index (χ0) is 45.9. The fraction of sp³-hybridized carbons (Fsp3) is 0.308. The maximum Gasteiger partial charge on any atom is 0.128 e. The molecule has 0 radical (unpaired) electrons. The quantitative estimate of drug-likeness (QED) is 0.0531. The van der Waals surface area contributed by atoms with E-state index in [1.807, 2.05) is 64.1 Å². The zero-order valence-corrected chi connectivity index (χ0v) is 37.1. The summed E-state index contributed by atoms with van der Waals surface area (Å²) < 4.78 is 81.0. The molecule has 0 spiro atoms. The topological polar surface area (TPSA) is 101 Å². The van der Waals surface area contributed by atoms with Gasteiger partial charge in [-0.3, -0.25) is 0 Å². The van der Waals surface area contributed by atoms with Crippen molar-refractivity contribution >= 4 is 0 Å². The third-order valence-electron chi connectivity index (χ3n) is 11.1. The molecule has 0 fully saturated rings. The van der Waals surface area contributed by atoms with Crippen LogP contribution in [0.5, 0.6) is 23.0 Å². The molecule has 12 heteroatoms. The van der Waals surface area contributed by atoms with Crippen molar-refractivity contribution in [3.05, 3.63) is 176 Å². The standard InChI is InChI=1S/C52H56F4N2O6/c1-31-13-41(23-57-33(3)25-59)51(61-27-37-15-43(53)19-44(54)16-37)21-49(31)63-29-39-9-7-11-47(35(39)5)48-12-8-10-40(36(48)6)30-64-50-22-52(42(14-32(50)2)24-58-34(4)26-60)62-28-38-17-45(55)20-46(56)18-38/h7-22,33-34,57-60H,23-30H2,1-6H3. The highest BCUT2D eigenvalue weighted by Crippen LogP contribution is 2.35. The van der Waals surface area contributed by atoms with Gasteiger partial charge in [-0.05, 0) is 134 Å². The normalized spacial score (nSPS) is 12.2. The predicted octanol–water partition coefficient (Wildman–Crippen LogP) is 10.4. The van der Waals surface area contributed by atoms with Gasteiger partial charge in [-0.2, -0.15) is 0 Å². The van der Waals surface area contributed by atoms with Crippen LogP contribution in [0, 0.1) is 51.0 Å². The van der Waals surface area contributed by atoms with Gasteiger partial charge in [0.2, 0.25) is 0 Å². The molecule has 0 aliphatic rings. The maximum atomic E-state index is 14.0. The molecule has 2 atom stereocenters.